The van der Waals surface area contributed by atoms with E-state index in [-0.39, 0.29) is 23.3 Å². The number of fused-ring (bicyclic) bond motifs is 3. The number of nitrogens with zero attached hydrogens (tertiary/aromatic N) is 2. The molecule has 0 radical (unpaired) electrons. The molecule has 0 atom stereocenters. The molecule has 2 heterocycles. The molecular weight excluding hydrogens is 236 g/mol. The van der Waals surface area contributed by atoms with Crippen molar-refractivity contribution in [2.24, 2.45) is 0 Å². The Kier molecular flexibility index (Phi) is 2.32. The number of benzene rings is 1. The van der Waals surface area contributed by atoms with Crippen LogP contribution in [-0.2, 0) is 0 Å². The number of aromatic nitrogens is 1. The van der Waals surface area contributed by atoms with E-state index in [1.807, 2.05) is 0 Å². The van der Waals surface area contributed by atoms with Gasteiger partial charge >= 0.3 is 0 Å². The van der Waals surface area contributed by atoms with Crippen molar-refractivity contribution in [1.82, 2.24) is 4.57 Å². The van der Waals surface area contributed by atoms with Crippen molar-refractivity contribution in [3.63, 3.8) is 0 Å². The summed E-state index contributed by atoms with van der Waals surface area (Å²) in [5.74, 6) is 0.395. The monoisotopic (exact) mass is 246 g/mol. The van der Waals surface area contributed by atoms with Crippen LogP contribution in [0, 0.1) is 0 Å². The third-order valence-corrected chi connectivity index (χ3v) is 2.83. The van der Waals surface area contributed by atoms with Crippen molar-refractivity contribution in [2.75, 3.05) is 11.8 Å². The molecular formula is C12H10N2O4. The lowest BCUT2D eigenvalue weighted by molar-refractivity contribution is 0.0291. The second kappa shape index (κ2) is 3.86. The van der Waals surface area contributed by atoms with E-state index in [9.17, 15) is 4.79 Å². The standard InChI is InChI=1S/C12H10N2O4/c15-11-7-18-12-4-3-8(14(16)17)6-10(12)13-5-1-2-9(11)13/h1-6,16-17H,7H2. The molecule has 0 bridgehead atoms. The van der Waals surface area contributed by atoms with E-state index in [4.69, 9.17) is 15.2 Å². The van der Waals surface area contributed by atoms with Gasteiger partial charge in [-0.3, -0.25) is 15.2 Å². The summed E-state index contributed by atoms with van der Waals surface area (Å²) >= 11 is 0. The summed E-state index contributed by atoms with van der Waals surface area (Å²) in [6, 6.07) is 8.05. The summed E-state index contributed by atoms with van der Waals surface area (Å²) < 4.78 is 7.05. The number of anilines is 1. The molecule has 2 aromatic rings. The molecule has 1 aliphatic rings. The fourth-order valence-corrected chi connectivity index (χ4v) is 1.98. The Morgan fingerprint density at radius 1 is 1.28 bits per heavy atom. The highest BCUT2D eigenvalue weighted by molar-refractivity contribution is 5.97. The van der Waals surface area contributed by atoms with Gasteiger partial charge < -0.3 is 9.30 Å². The predicted octanol–water partition coefficient (Wildman–Crippen LogP) is 1.64. The third-order valence-electron chi connectivity index (χ3n) is 2.83. The van der Waals surface area contributed by atoms with Crippen LogP contribution in [-0.4, -0.2) is 27.4 Å². The van der Waals surface area contributed by atoms with Gasteiger partial charge in [-0.15, -0.1) is 5.23 Å². The second-order valence-electron chi connectivity index (χ2n) is 3.92. The molecule has 0 spiro atoms. The van der Waals surface area contributed by atoms with Gasteiger partial charge in [-0.05, 0) is 30.3 Å². The fourth-order valence-electron chi connectivity index (χ4n) is 1.98. The largest absolute Gasteiger partial charge is 0.483 e. The number of ether oxygens (including phenoxy) is 1. The third kappa shape index (κ3) is 1.55. The Labute approximate surface area is 102 Å². The maximum Gasteiger partial charge on any atom is 0.216 e. The van der Waals surface area contributed by atoms with Gasteiger partial charge in [0.25, 0.3) is 0 Å². The average Bonchev–Trinajstić information content (AvgIpc) is 2.80. The molecule has 18 heavy (non-hydrogen) atoms. The topological polar surface area (TPSA) is 74.9 Å². The summed E-state index contributed by atoms with van der Waals surface area (Å²) in [5, 5.41) is 18.1. The molecule has 2 N–H and O–H groups in total. The quantitative estimate of drug-likeness (QED) is 0.748. The molecule has 0 fully saturated rings. The molecule has 1 aromatic carbocycles. The minimum Gasteiger partial charge on any atom is -0.483 e. The van der Waals surface area contributed by atoms with Crippen molar-refractivity contribution < 1.29 is 19.9 Å². The van der Waals surface area contributed by atoms with Gasteiger partial charge in [0.15, 0.2) is 6.61 Å². The van der Waals surface area contributed by atoms with E-state index in [1.165, 1.54) is 12.1 Å². The summed E-state index contributed by atoms with van der Waals surface area (Å²) in [6.45, 7) is -0.0294. The number of ketones is 1. The minimum atomic E-state index is -0.123. The lowest BCUT2D eigenvalue weighted by Crippen LogP contribution is -2.11. The van der Waals surface area contributed by atoms with Gasteiger partial charge in [-0.1, -0.05) is 0 Å². The highest BCUT2D eigenvalue weighted by Gasteiger charge is 2.21. The van der Waals surface area contributed by atoms with Crippen LogP contribution in [0.4, 0.5) is 5.69 Å². The van der Waals surface area contributed by atoms with E-state index < -0.39 is 0 Å². The summed E-state index contributed by atoms with van der Waals surface area (Å²) in [7, 11) is 0. The molecule has 0 amide bonds. The van der Waals surface area contributed by atoms with E-state index in [2.05, 4.69) is 0 Å². The highest BCUT2D eigenvalue weighted by Crippen LogP contribution is 2.31. The Hall–Kier alpha value is -2.31. The van der Waals surface area contributed by atoms with E-state index in [0.29, 0.717) is 17.1 Å². The second-order valence-corrected chi connectivity index (χ2v) is 3.92. The van der Waals surface area contributed by atoms with Gasteiger partial charge in [-0.2, -0.15) is 0 Å². The van der Waals surface area contributed by atoms with E-state index in [1.54, 1.807) is 29.0 Å². The van der Waals surface area contributed by atoms with Crippen LogP contribution in [0.15, 0.2) is 36.5 Å². The number of carbonyl (C=O) groups is 1. The van der Waals surface area contributed by atoms with Crippen LogP contribution in [0.3, 0.4) is 0 Å². The van der Waals surface area contributed by atoms with Crippen LogP contribution in [0.1, 0.15) is 10.5 Å². The molecule has 1 aromatic heterocycles. The number of carbonyl (C=O) groups excluding carboxylic acids is 1. The zero-order chi connectivity index (χ0) is 12.7. The smallest absolute Gasteiger partial charge is 0.216 e. The van der Waals surface area contributed by atoms with Gasteiger partial charge in [0.2, 0.25) is 5.78 Å². The molecule has 6 nitrogen and oxygen atoms in total. The first-order valence-electron chi connectivity index (χ1n) is 5.32. The van der Waals surface area contributed by atoms with Gasteiger partial charge in [0.1, 0.15) is 5.75 Å². The lowest BCUT2D eigenvalue weighted by Gasteiger charge is -2.13. The van der Waals surface area contributed by atoms with Crippen molar-refractivity contribution in [1.29, 1.82) is 0 Å². The molecule has 3 rings (SSSR count). The number of hydrogen-bond acceptors (Lipinski definition) is 5. The van der Waals surface area contributed by atoms with Gasteiger partial charge in [0, 0.05) is 6.20 Å². The van der Waals surface area contributed by atoms with Crippen molar-refractivity contribution in [3.05, 3.63) is 42.2 Å². The van der Waals surface area contributed by atoms with Crippen LogP contribution in [0.5, 0.6) is 5.75 Å². The summed E-state index contributed by atoms with van der Waals surface area (Å²) in [6.07, 6.45) is 1.73. The molecule has 6 heteroatoms. The van der Waals surface area contributed by atoms with Crippen molar-refractivity contribution in [3.8, 4) is 11.4 Å². The van der Waals surface area contributed by atoms with Crippen molar-refractivity contribution >= 4 is 11.5 Å². The maximum atomic E-state index is 11.8. The first-order chi connectivity index (χ1) is 8.66. The predicted molar refractivity (Wildman–Crippen MR) is 61.6 cm³/mol. The van der Waals surface area contributed by atoms with Crippen LogP contribution in [0.2, 0.25) is 0 Å². The van der Waals surface area contributed by atoms with E-state index in [0.717, 1.165) is 0 Å². The minimum absolute atomic E-state index is 0.0240. The normalized spacial score (nSPS) is 13.3. The Bertz CT molecular complexity index is 618. The average molecular weight is 246 g/mol. The molecule has 1 aliphatic heterocycles. The molecule has 0 unspecified atom stereocenters. The SMILES string of the molecule is O=C1COc2ccc(N(O)O)cc2-n2cccc21. The summed E-state index contributed by atoms with van der Waals surface area (Å²) in [5.41, 5.74) is 1.28. The molecule has 0 aliphatic carbocycles. The Balaban J connectivity index is 2.22. The first kappa shape index (κ1) is 10.8. The van der Waals surface area contributed by atoms with Crippen molar-refractivity contribution in [2.45, 2.75) is 0 Å². The zero-order valence-corrected chi connectivity index (χ0v) is 9.28. The Morgan fingerprint density at radius 2 is 2.11 bits per heavy atom. The summed E-state index contributed by atoms with van der Waals surface area (Å²) in [4.78, 5) is 11.8. The zero-order valence-electron chi connectivity index (χ0n) is 9.28. The van der Waals surface area contributed by atoms with Crippen LogP contribution in [0.25, 0.3) is 5.69 Å². The molecule has 0 saturated carbocycles. The maximum absolute atomic E-state index is 11.8. The lowest BCUT2D eigenvalue weighted by atomic mass is 10.2. The number of hydrogen-bond donors (Lipinski definition) is 2. The number of Topliss-reactive ketones (excluding diaryl/α,β-unsaturated/α-hetero) is 1. The number of rotatable bonds is 1. The molecule has 92 valence electrons. The molecule has 0 saturated heterocycles. The Morgan fingerprint density at radius 3 is 2.89 bits per heavy atom. The van der Waals surface area contributed by atoms with Gasteiger partial charge in [-0.25, -0.2) is 0 Å². The fraction of sp³-hybridized carbons (Fsp3) is 0.0833. The van der Waals surface area contributed by atoms with Gasteiger partial charge in [0.05, 0.1) is 17.1 Å². The van der Waals surface area contributed by atoms with Crippen LogP contribution >= 0.6 is 0 Å². The highest BCUT2D eigenvalue weighted by atomic mass is 16.8. The van der Waals surface area contributed by atoms with Crippen LogP contribution < -0.4 is 9.96 Å². The van der Waals surface area contributed by atoms with E-state index >= 15 is 0 Å². The first-order valence-corrected chi connectivity index (χ1v) is 5.32.